The third-order valence-electron chi connectivity index (χ3n) is 3.66. The average molecular weight is 292 g/mol. The van der Waals surface area contributed by atoms with Gasteiger partial charge in [-0.05, 0) is 24.6 Å². The summed E-state index contributed by atoms with van der Waals surface area (Å²) in [6, 6.07) is 4.00. The van der Waals surface area contributed by atoms with Crippen molar-refractivity contribution in [2.45, 2.75) is 19.9 Å². The zero-order valence-electron chi connectivity index (χ0n) is 12.5. The predicted octanol–water partition coefficient (Wildman–Crippen LogP) is 0.519. The third kappa shape index (κ3) is 4.68. The number of hydrogen-bond acceptors (Lipinski definition) is 5. The first kappa shape index (κ1) is 15.7. The number of anilines is 1. The Morgan fingerprint density at radius 2 is 2.24 bits per heavy atom. The van der Waals surface area contributed by atoms with E-state index in [1.807, 2.05) is 25.3 Å². The van der Waals surface area contributed by atoms with Gasteiger partial charge in [0.2, 0.25) is 5.91 Å². The summed E-state index contributed by atoms with van der Waals surface area (Å²) in [5, 5.41) is 2.91. The lowest BCUT2D eigenvalue weighted by Crippen LogP contribution is -2.36. The number of aromatic nitrogens is 1. The maximum atomic E-state index is 11.8. The van der Waals surface area contributed by atoms with Crippen molar-refractivity contribution in [1.29, 1.82) is 0 Å². The molecule has 1 aromatic rings. The molecule has 0 spiro atoms. The molecule has 1 aromatic heterocycles. The largest absolute Gasteiger partial charge is 0.378 e. The number of ether oxygens (including phenoxy) is 1. The van der Waals surface area contributed by atoms with E-state index >= 15 is 0 Å². The van der Waals surface area contributed by atoms with Gasteiger partial charge in [0.1, 0.15) is 5.82 Å². The number of carbonyl (C=O) groups excluding carboxylic acids is 1. The van der Waals surface area contributed by atoms with Crippen LogP contribution in [0.2, 0.25) is 0 Å². The average Bonchev–Trinajstić information content (AvgIpc) is 2.54. The number of carbonyl (C=O) groups is 1. The van der Waals surface area contributed by atoms with Gasteiger partial charge in [0.25, 0.3) is 0 Å². The van der Waals surface area contributed by atoms with Crippen molar-refractivity contribution < 1.29 is 9.53 Å². The van der Waals surface area contributed by atoms with Gasteiger partial charge in [-0.15, -0.1) is 0 Å². The lowest BCUT2D eigenvalue weighted by molar-refractivity contribution is -0.124. The zero-order valence-corrected chi connectivity index (χ0v) is 12.5. The summed E-state index contributed by atoms with van der Waals surface area (Å²) in [7, 11) is 0. The maximum absolute atomic E-state index is 11.8. The molecule has 2 rings (SSSR count). The van der Waals surface area contributed by atoms with Crippen LogP contribution in [-0.2, 0) is 16.1 Å². The van der Waals surface area contributed by atoms with Crippen molar-refractivity contribution >= 4 is 11.7 Å². The van der Waals surface area contributed by atoms with Gasteiger partial charge in [0.05, 0.1) is 13.2 Å². The van der Waals surface area contributed by atoms with Crippen molar-refractivity contribution in [1.82, 2.24) is 10.3 Å². The number of morpholine rings is 1. The van der Waals surface area contributed by atoms with Gasteiger partial charge in [0, 0.05) is 31.7 Å². The molecule has 1 saturated heterocycles. The Morgan fingerprint density at radius 1 is 1.48 bits per heavy atom. The zero-order chi connectivity index (χ0) is 15.1. The molecule has 1 amide bonds. The van der Waals surface area contributed by atoms with E-state index in [-0.39, 0.29) is 11.8 Å². The van der Waals surface area contributed by atoms with Crippen LogP contribution < -0.4 is 16.0 Å². The molecule has 1 aliphatic rings. The highest BCUT2D eigenvalue weighted by molar-refractivity contribution is 5.78. The van der Waals surface area contributed by atoms with Gasteiger partial charge < -0.3 is 20.7 Å². The van der Waals surface area contributed by atoms with Crippen LogP contribution in [0.1, 0.15) is 18.9 Å². The Hall–Kier alpha value is -1.66. The van der Waals surface area contributed by atoms with Crippen LogP contribution in [0.15, 0.2) is 18.3 Å². The molecule has 21 heavy (non-hydrogen) atoms. The minimum atomic E-state index is -0.0458. The second-order valence-corrected chi connectivity index (χ2v) is 5.32. The fraction of sp³-hybridized carbons (Fsp3) is 0.600. The fourth-order valence-electron chi connectivity index (χ4n) is 2.25. The molecule has 1 unspecified atom stereocenters. The molecule has 1 aliphatic heterocycles. The molecule has 6 nitrogen and oxygen atoms in total. The third-order valence-corrected chi connectivity index (χ3v) is 3.66. The summed E-state index contributed by atoms with van der Waals surface area (Å²) in [5.74, 6) is 0.957. The second-order valence-electron chi connectivity index (χ2n) is 5.32. The minimum absolute atomic E-state index is 0.0395. The molecule has 116 valence electrons. The molecule has 0 aromatic carbocycles. The molecular formula is C15H24N4O2. The van der Waals surface area contributed by atoms with E-state index in [4.69, 9.17) is 10.5 Å². The predicted molar refractivity (Wildman–Crippen MR) is 82.0 cm³/mol. The first-order chi connectivity index (χ1) is 10.2. The first-order valence-electron chi connectivity index (χ1n) is 7.46. The Balaban J connectivity index is 1.83. The molecule has 1 fully saturated rings. The van der Waals surface area contributed by atoms with Crippen LogP contribution in [0.25, 0.3) is 0 Å². The first-order valence-corrected chi connectivity index (χ1v) is 7.46. The van der Waals surface area contributed by atoms with Crippen LogP contribution in [0, 0.1) is 5.92 Å². The maximum Gasteiger partial charge on any atom is 0.223 e. The molecule has 1 atom stereocenters. The molecule has 3 N–H and O–H groups in total. The van der Waals surface area contributed by atoms with Gasteiger partial charge in [-0.2, -0.15) is 0 Å². The number of pyridine rings is 1. The quantitative estimate of drug-likeness (QED) is 0.799. The van der Waals surface area contributed by atoms with Crippen LogP contribution in [-0.4, -0.2) is 43.7 Å². The number of nitrogens with one attached hydrogen (secondary N) is 1. The summed E-state index contributed by atoms with van der Waals surface area (Å²) >= 11 is 0. The monoisotopic (exact) mass is 292 g/mol. The van der Waals surface area contributed by atoms with E-state index < -0.39 is 0 Å². The lowest BCUT2D eigenvalue weighted by Gasteiger charge is -2.27. The summed E-state index contributed by atoms with van der Waals surface area (Å²) in [4.78, 5) is 18.5. The Labute approximate surface area is 125 Å². The molecule has 0 aliphatic carbocycles. The van der Waals surface area contributed by atoms with Crippen LogP contribution >= 0.6 is 0 Å². The highest BCUT2D eigenvalue weighted by Crippen LogP contribution is 2.13. The van der Waals surface area contributed by atoms with Crippen molar-refractivity contribution in [2.24, 2.45) is 11.7 Å². The van der Waals surface area contributed by atoms with E-state index in [0.717, 1.165) is 37.7 Å². The minimum Gasteiger partial charge on any atom is -0.378 e. The molecule has 0 saturated carbocycles. The summed E-state index contributed by atoms with van der Waals surface area (Å²) < 4.78 is 5.33. The van der Waals surface area contributed by atoms with Gasteiger partial charge >= 0.3 is 0 Å². The Bertz CT molecular complexity index is 443. The van der Waals surface area contributed by atoms with Crippen molar-refractivity contribution in [3.8, 4) is 0 Å². The van der Waals surface area contributed by atoms with Gasteiger partial charge in [-0.1, -0.05) is 13.0 Å². The van der Waals surface area contributed by atoms with Gasteiger partial charge in [0.15, 0.2) is 0 Å². The smallest absolute Gasteiger partial charge is 0.223 e. The molecule has 2 heterocycles. The normalized spacial score (nSPS) is 16.6. The molecular weight excluding hydrogens is 268 g/mol. The van der Waals surface area contributed by atoms with Gasteiger partial charge in [-0.3, -0.25) is 4.79 Å². The molecule has 0 bridgehead atoms. The summed E-state index contributed by atoms with van der Waals surface area (Å²) in [5.41, 5.74) is 6.46. The fourth-order valence-corrected chi connectivity index (χ4v) is 2.25. The SMILES string of the molecule is CC(CCN)C(=O)NCc1ccc(N2CCOCC2)nc1. The van der Waals surface area contributed by atoms with Crippen molar-refractivity contribution in [3.63, 3.8) is 0 Å². The van der Waals surface area contributed by atoms with Crippen molar-refractivity contribution in [2.75, 3.05) is 37.7 Å². The van der Waals surface area contributed by atoms with E-state index in [1.54, 1.807) is 0 Å². The number of nitrogens with two attached hydrogens (primary N) is 1. The van der Waals surface area contributed by atoms with E-state index in [1.165, 1.54) is 0 Å². The Kier molecular flexibility index (Phi) is 5.95. The Morgan fingerprint density at radius 3 is 2.86 bits per heavy atom. The van der Waals surface area contributed by atoms with Crippen LogP contribution in [0.5, 0.6) is 0 Å². The number of amides is 1. The van der Waals surface area contributed by atoms with E-state index in [0.29, 0.717) is 19.5 Å². The standard InChI is InChI=1S/C15H24N4O2/c1-12(4-5-16)15(20)18-11-13-2-3-14(17-10-13)19-6-8-21-9-7-19/h2-3,10,12H,4-9,11,16H2,1H3,(H,18,20). The highest BCUT2D eigenvalue weighted by Gasteiger charge is 2.13. The lowest BCUT2D eigenvalue weighted by atomic mass is 10.1. The molecule has 0 radical (unpaired) electrons. The van der Waals surface area contributed by atoms with Crippen molar-refractivity contribution in [3.05, 3.63) is 23.9 Å². The highest BCUT2D eigenvalue weighted by atomic mass is 16.5. The molecule has 6 heteroatoms. The number of rotatable bonds is 6. The van der Waals surface area contributed by atoms with E-state index in [2.05, 4.69) is 15.2 Å². The topological polar surface area (TPSA) is 80.5 Å². The van der Waals surface area contributed by atoms with Gasteiger partial charge in [-0.25, -0.2) is 4.98 Å². The summed E-state index contributed by atoms with van der Waals surface area (Å²) in [6.45, 7) is 6.17. The second kappa shape index (κ2) is 7.95. The van der Waals surface area contributed by atoms with Crippen LogP contribution in [0.3, 0.4) is 0 Å². The van der Waals surface area contributed by atoms with Crippen LogP contribution in [0.4, 0.5) is 5.82 Å². The number of hydrogen-bond donors (Lipinski definition) is 2. The van der Waals surface area contributed by atoms with E-state index in [9.17, 15) is 4.79 Å². The summed E-state index contributed by atoms with van der Waals surface area (Å²) in [6.07, 6.45) is 2.53. The number of nitrogens with zero attached hydrogens (tertiary/aromatic N) is 2.